The number of ether oxygens (including phenoxy) is 3. The number of benzene rings is 6. The second kappa shape index (κ2) is 13.1. The number of carbonyl (C=O) groups excluding carboxylic acids is 2. The van der Waals surface area contributed by atoms with Crippen LogP contribution in [0.5, 0.6) is 28.7 Å². The second-order valence-electron chi connectivity index (χ2n) is 10.6. The van der Waals surface area contributed by atoms with Crippen LogP contribution >= 0.6 is 0 Å². The molecular weight excluding hydrogens is 560 g/mol. The van der Waals surface area contributed by atoms with Crippen molar-refractivity contribution in [3.05, 3.63) is 173 Å². The molecule has 0 heterocycles. The minimum atomic E-state index is -0.101. The Labute approximate surface area is 262 Å². The van der Waals surface area contributed by atoms with Crippen molar-refractivity contribution >= 4 is 11.6 Å². The van der Waals surface area contributed by atoms with Gasteiger partial charge in [0.25, 0.3) is 0 Å². The highest BCUT2D eigenvalue weighted by atomic mass is 16.5. The number of aryl methyl sites for hydroxylation is 1. The Hall–Kier alpha value is -5.94. The summed E-state index contributed by atoms with van der Waals surface area (Å²) < 4.78 is 17.2. The Balaban J connectivity index is 1.04. The number of methoxy groups -OCH3 is 1. The van der Waals surface area contributed by atoms with Gasteiger partial charge in [0.2, 0.25) is 0 Å². The maximum atomic E-state index is 13.1. The van der Waals surface area contributed by atoms with Crippen molar-refractivity contribution in [3.63, 3.8) is 0 Å². The summed E-state index contributed by atoms with van der Waals surface area (Å²) in [5.41, 5.74) is 5.61. The first-order valence-electron chi connectivity index (χ1n) is 14.5. The van der Waals surface area contributed by atoms with Gasteiger partial charge in [-0.3, -0.25) is 9.59 Å². The Kier molecular flexibility index (Phi) is 8.51. The summed E-state index contributed by atoms with van der Waals surface area (Å²) >= 11 is 0. The number of hydrogen-bond acceptors (Lipinski definition) is 5. The van der Waals surface area contributed by atoms with E-state index in [4.69, 9.17) is 14.2 Å². The van der Waals surface area contributed by atoms with Crippen LogP contribution in [-0.2, 0) is 0 Å². The van der Waals surface area contributed by atoms with Gasteiger partial charge in [-0.25, -0.2) is 0 Å². The molecule has 6 rings (SSSR count). The van der Waals surface area contributed by atoms with Crippen LogP contribution in [0, 0.1) is 6.92 Å². The molecule has 0 aromatic heterocycles. The van der Waals surface area contributed by atoms with E-state index in [1.54, 1.807) is 79.9 Å². The van der Waals surface area contributed by atoms with Gasteiger partial charge in [0, 0.05) is 22.3 Å². The topological polar surface area (TPSA) is 61.8 Å². The lowest BCUT2D eigenvalue weighted by atomic mass is 10.0. The van der Waals surface area contributed by atoms with Crippen molar-refractivity contribution < 1.29 is 23.8 Å². The third kappa shape index (κ3) is 7.00. The van der Waals surface area contributed by atoms with Crippen molar-refractivity contribution in [1.82, 2.24) is 0 Å². The van der Waals surface area contributed by atoms with Gasteiger partial charge in [-0.05, 0) is 115 Å². The zero-order chi connectivity index (χ0) is 31.2. The first-order valence-corrected chi connectivity index (χ1v) is 14.5. The van der Waals surface area contributed by atoms with Crippen molar-refractivity contribution in [3.8, 4) is 39.9 Å². The molecule has 0 saturated heterocycles. The molecule has 0 spiro atoms. The van der Waals surface area contributed by atoms with Gasteiger partial charge in [0.15, 0.2) is 11.6 Å². The molecule has 0 aliphatic heterocycles. The summed E-state index contributed by atoms with van der Waals surface area (Å²) in [5.74, 6) is 3.21. The lowest BCUT2D eigenvalue weighted by Gasteiger charge is -2.09. The summed E-state index contributed by atoms with van der Waals surface area (Å²) in [6.07, 6.45) is 0. The van der Waals surface area contributed by atoms with Crippen LogP contribution in [-0.4, -0.2) is 18.7 Å². The van der Waals surface area contributed by atoms with E-state index in [9.17, 15) is 9.59 Å². The third-order valence-electron chi connectivity index (χ3n) is 7.41. The molecule has 0 aliphatic carbocycles. The smallest absolute Gasteiger partial charge is 0.193 e. The zero-order valence-electron chi connectivity index (χ0n) is 24.9. The normalized spacial score (nSPS) is 10.6. The van der Waals surface area contributed by atoms with E-state index in [-0.39, 0.29) is 11.6 Å². The highest BCUT2D eigenvalue weighted by molar-refractivity contribution is 6.09. The molecule has 6 aromatic carbocycles. The molecule has 0 radical (unpaired) electrons. The molecule has 0 atom stereocenters. The SMILES string of the molecule is COc1ccc(-c2ccc(Oc3ccc(C(=O)c4ccc(Oc5ccc(C(=O)c6ccc(C)cc6)cc5)cc4)cc3)cc2)cc1. The molecule has 0 N–H and O–H groups in total. The van der Waals surface area contributed by atoms with E-state index in [0.717, 1.165) is 22.4 Å². The van der Waals surface area contributed by atoms with Crippen LogP contribution in [0.15, 0.2) is 146 Å². The third-order valence-corrected chi connectivity index (χ3v) is 7.41. The Morgan fingerprint density at radius 2 is 0.644 bits per heavy atom. The van der Waals surface area contributed by atoms with Crippen molar-refractivity contribution in [1.29, 1.82) is 0 Å². The van der Waals surface area contributed by atoms with Crippen LogP contribution < -0.4 is 14.2 Å². The standard InChI is InChI=1S/C40H30O5/c1-27-3-5-30(6-4-27)39(41)31-11-21-37(22-12-31)45-38-25-15-33(16-26-38)40(42)32-13-23-36(24-14-32)44-35-19-9-29(10-20-35)28-7-17-34(43-2)18-8-28/h3-26H,1-2H3. The van der Waals surface area contributed by atoms with Crippen molar-refractivity contribution in [2.75, 3.05) is 7.11 Å². The van der Waals surface area contributed by atoms with E-state index in [1.165, 1.54) is 0 Å². The van der Waals surface area contributed by atoms with E-state index >= 15 is 0 Å². The lowest BCUT2D eigenvalue weighted by molar-refractivity contribution is 0.103. The zero-order valence-corrected chi connectivity index (χ0v) is 24.9. The van der Waals surface area contributed by atoms with Crippen LogP contribution in [0.4, 0.5) is 0 Å². The summed E-state index contributed by atoms with van der Waals surface area (Å²) in [4.78, 5) is 25.8. The van der Waals surface area contributed by atoms with Crippen LogP contribution in [0.3, 0.4) is 0 Å². The van der Waals surface area contributed by atoms with E-state index in [2.05, 4.69) is 0 Å². The fraction of sp³-hybridized carbons (Fsp3) is 0.0500. The van der Waals surface area contributed by atoms with Gasteiger partial charge in [0.05, 0.1) is 7.11 Å². The maximum Gasteiger partial charge on any atom is 0.193 e. The van der Waals surface area contributed by atoms with E-state index in [0.29, 0.717) is 45.3 Å². The number of rotatable bonds is 10. The summed E-state index contributed by atoms with van der Waals surface area (Å²) in [6.45, 7) is 1.99. The molecule has 5 heteroatoms. The molecule has 5 nitrogen and oxygen atoms in total. The van der Waals surface area contributed by atoms with Crippen LogP contribution in [0.2, 0.25) is 0 Å². The monoisotopic (exact) mass is 590 g/mol. The number of carbonyl (C=O) groups is 2. The molecule has 0 unspecified atom stereocenters. The minimum absolute atomic E-state index is 0.0385. The molecule has 0 fully saturated rings. The van der Waals surface area contributed by atoms with Gasteiger partial charge >= 0.3 is 0 Å². The fourth-order valence-electron chi connectivity index (χ4n) is 4.83. The highest BCUT2D eigenvalue weighted by Crippen LogP contribution is 2.28. The van der Waals surface area contributed by atoms with Gasteiger partial charge in [-0.1, -0.05) is 54.1 Å². The number of hydrogen-bond donors (Lipinski definition) is 0. The Bertz CT molecular complexity index is 1910. The molecule has 0 amide bonds. The lowest BCUT2D eigenvalue weighted by Crippen LogP contribution is -2.01. The first kappa shape index (κ1) is 29.1. The van der Waals surface area contributed by atoms with Gasteiger partial charge in [0.1, 0.15) is 28.7 Å². The average molecular weight is 591 g/mol. The molecule has 220 valence electrons. The predicted molar refractivity (Wildman–Crippen MR) is 176 cm³/mol. The van der Waals surface area contributed by atoms with Crippen LogP contribution in [0.25, 0.3) is 11.1 Å². The molecular formula is C40H30O5. The van der Waals surface area contributed by atoms with Gasteiger partial charge in [-0.2, -0.15) is 0 Å². The van der Waals surface area contributed by atoms with Crippen molar-refractivity contribution in [2.45, 2.75) is 6.92 Å². The fourth-order valence-corrected chi connectivity index (χ4v) is 4.83. The van der Waals surface area contributed by atoms with Crippen molar-refractivity contribution in [2.24, 2.45) is 0 Å². The number of ketones is 2. The summed E-state index contributed by atoms with van der Waals surface area (Å²) in [5, 5.41) is 0. The van der Waals surface area contributed by atoms with Crippen LogP contribution in [0.1, 0.15) is 37.4 Å². The van der Waals surface area contributed by atoms with E-state index < -0.39 is 0 Å². The summed E-state index contributed by atoms with van der Waals surface area (Å²) in [6, 6.07) is 44.4. The molecule has 45 heavy (non-hydrogen) atoms. The largest absolute Gasteiger partial charge is 0.497 e. The Morgan fingerprint density at radius 1 is 0.378 bits per heavy atom. The Morgan fingerprint density at radius 3 is 0.956 bits per heavy atom. The molecule has 0 bridgehead atoms. The molecule has 6 aromatic rings. The quantitative estimate of drug-likeness (QED) is 0.149. The van der Waals surface area contributed by atoms with Gasteiger partial charge in [-0.15, -0.1) is 0 Å². The summed E-state index contributed by atoms with van der Waals surface area (Å²) in [7, 11) is 1.65. The average Bonchev–Trinajstić information content (AvgIpc) is 3.09. The molecule has 0 aliphatic rings. The maximum absolute atomic E-state index is 13.1. The highest BCUT2D eigenvalue weighted by Gasteiger charge is 2.12. The predicted octanol–water partition coefficient (Wildman–Crippen LogP) is 9.72. The minimum Gasteiger partial charge on any atom is -0.497 e. The van der Waals surface area contributed by atoms with E-state index in [1.807, 2.05) is 79.7 Å². The second-order valence-corrected chi connectivity index (χ2v) is 10.6. The molecule has 0 saturated carbocycles. The van der Waals surface area contributed by atoms with Gasteiger partial charge < -0.3 is 14.2 Å². The first-order chi connectivity index (χ1) is 21.9.